The van der Waals surface area contributed by atoms with E-state index < -0.39 is 5.97 Å². The van der Waals surface area contributed by atoms with E-state index in [1.807, 2.05) is 37.3 Å². The Morgan fingerprint density at radius 3 is 2.49 bits per heavy atom. The number of ether oxygens (including phenoxy) is 4. The van der Waals surface area contributed by atoms with E-state index in [4.69, 9.17) is 18.9 Å². The molecular formula is C29H31NO5S2. The first-order valence-electron chi connectivity index (χ1n) is 12.1. The lowest BCUT2D eigenvalue weighted by atomic mass is 10.1. The first-order valence-corrected chi connectivity index (χ1v) is 13.8. The Morgan fingerprint density at radius 1 is 0.892 bits per heavy atom. The Hall–Kier alpha value is -3.01. The summed E-state index contributed by atoms with van der Waals surface area (Å²) in [5.74, 6) is 0.113. The number of anilines is 1. The van der Waals surface area contributed by atoms with Gasteiger partial charge in [-0.3, -0.25) is 0 Å². The molecule has 0 spiro atoms. The topological polar surface area (TPSA) is 66.0 Å². The summed E-state index contributed by atoms with van der Waals surface area (Å²) < 4.78 is 21.9. The van der Waals surface area contributed by atoms with Crippen LogP contribution in [0, 0.1) is 0 Å². The van der Waals surface area contributed by atoms with Crippen LogP contribution in [0.4, 0.5) is 5.69 Å². The van der Waals surface area contributed by atoms with Crippen LogP contribution < -0.4 is 10.1 Å². The van der Waals surface area contributed by atoms with E-state index in [2.05, 4.69) is 41.0 Å². The van der Waals surface area contributed by atoms with Gasteiger partial charge in [0.15, 0.2) is 0 Å². The van der Waals surface area contributed by atoms with Gasteiger partial charge in [-0.25, -0.2) is 4.79 Å². The molecule has 0 fully saturated rings. The number of hydrogen-bond donors (Lipinski definition) is 1. The lowest BCUT2D eigenvalue weighted by Crippen LogP contribution is -2.22. The fraction of sp³-hybridized carbons (Fsp3) is 0.276. The third-order valence-electron chi connectivity index (χ3n) is 5.43. The fourth-order valence-electron chi connectivity index (χ4n) is 3.56. The summed E-state index contributed by atoms with van der Waals surface area (Å²) >= 11 is 3.42. The van der Waals surface area contributed by atoms with Crippen molar-refractivity contribution in [3.8, 4) is 25.9 Å². The van der Waals surface area contributed by atoms with Crippen LogP contribution in [0.3, 0.4) is 0 Å². The van der Waals surface area contributed by atoms with Gasteiger partial charge in [-0.2, -0.15) is 0 Å². The second-order valence-corrected chi connectivity index (χ2v) is 10.3. The number of hydrogen-bond acceptors (Lipinski definition) is 8. The highest BCUT2D eigenvalue weighted by Gasteiger charge is 2.15. The standard InChI is InChI=1S/C29H31NO5S2/c1-21(34-15-14-33-13-12-32-2)20-30-24-18-22(26-10-11-28(37-26)27-9-6-16-36-27)17-23(19-24)29(31)35-25-7-4-3-5-8-25/h3-11,16-19,21,30H,12-15,20H2,1-2H3/t21-/m0/s1. The number of carbonyl (C=O) groups is 1. The van der Waals surface area contributed by atoms with Crippen molar-refractivity contribution in [2.75, 3.05) is 45.4 Å². The van der Waals surface area contributed by atoms with Crippen molar-refractivity contribution in [3.05, 3.63) is 83.7 Å². The summed E-state index contributed by atoms with van der Waals surface area (Å²) in [7, 11) is 1.65. The van der Waals surface area contributed by atoms with Crippen LogP contribution in [0.25, 0.3) is 20.2 Å². The zero-order valence-corrected chi connectivity index (χ0v) is 22.6. The van der Waals surface area contributed by atoms with Crippen LogP contribution >= 0.6 is 22.7 Å². The van der Waals surface area contributed by atoms with Crippen molar-refractivity contribution in [3.63, 3.8) is 0 Å². The maximum atomic E-state index is 13.0. The molecule has 0 radical (unpaired) electrons. The van der Waals surface area contributed by atoms with Crippen molar-refractivity contribution < 1.29 is 23.7 Å². The maximum Gasteiger partial charge on any atom is 0.343 e. The molecule has 194 valence electrons. The Kier molecular flexibility index (Phi) is 10.3. The van der Waals surface area contributed by atoms with Crippen LogP contribution in [-0.4, -0.2) is 52.2 Å². The highest BCUT2D eigenvalue weighted by Crippen LogP contribution is 2.37. The number of carbonyl (C=O) groups excluding carboxylic acids is 1. The van der Waals surface area contributed by atoms with Gasteiger partial charge in [0.25, 0.3) is 0 Å². The molecule has 4 aromatic rings. The molecule has 0 aliphatic heterocycles. The molecule has 2 heterocycles. The van der Waals surface area contributed by atoms with Gasteiger partial charge < -0.3 is 24.3 Å². The molecule has 0 aliphatic rings. The molecule has 0 amide bonds. The largest absolute Gasteiger partial charge is 0.423 e. The predicted molar refractivity (Wildman–Crippen MR) is 151 cm³/mol. The van der Waals surface area contributed by atoms with E-state index in [-0.39, 0.29) is 6.10 Å². The second-order valence-electron chi connectivity index (χ2n) is 8.31. The minimum Gasteiger partial charge on any atom is -0.423 e. The predicted octanol–water partition coefficient (Wildman–Crippen LogP) is 6.84. The first-order chi connectivity index (χ1) is 18.1. The highest BCUT2D eigenvalue weighted by atomic mass is 32.1. The van der Waals surface area contributed by atoms with Crippen molar-refractivity contribution in [2.24, 2.45) is 0 Å². The summed E-state index contributed by atoms with van der Waals surface area (Å²) in [6.45, 7) is 4.73. The van der Waals surface area contributed by atoms with E-state index in [0.717, 1.165) is 16.1 Å². The minimum atomic E-state index is -0.399. The van der Waals surface area contributed by atoms with Gasteiger partial charge in [-0.1, -0.05) is 24.3 Å². The number of para-hydroxylation sites is 1. The van der Waals surface area contributed by atoms with Gasteiger partial charge in [0.05, 0.1) is 38.1 Å². The third-order valence-corrected chi connectivity index (χ3v) is 7.63. The van der Waals surface area contributed by atoms with Crippen molar-refractivity contribution >= 4 is 34.3 Å². The number of thiophene rings is 2. The number of esters is 1. The molecule has 1 atom stereocenters. The van der Waals surface area contributed by atoms with Gasteiger partial charge >= 0.3 is 5.97 Å². The summed E-state index contributed by atoms with van der Waals surface area (Å²) in [4.78, 5) is 16.5. The molecule has 37 heavy (non-hydrogen) atoms. The normalized spacial score (nSPS) is 11.8. The summed E-state index contributed by atoms with van der Waals surface area (Å²) in [5, 5.41) is 5.50. The Labute approximate surface area is 225 Å². The van der Waals surface area contributed by atoms with Gasteiger partial charge in [-0.15, -0.1) is 22.7 Å². The number of methoxy groups -OCH3 is 1. The fourth-order valence-corrected chi connectivity index (χ4v) is 5.39. The molecule has 0 saturated carbocycles. The lowest BCUT2D eigenvalue weighted by Gasteiger charge is -2.16. The van der Waals surface area contributed by atoms with Gasteiger partial charge in [-0.05, 0) is 66.4 Å². The molecule has 0 unspecified atom stereocenters. The summed E-state index contributed by atoms with van der Waals surface area (Å²) in [6, 6.07) is 23.3. The molecule has 2 aromatic carbocycles. The third kappa shape index (κ3) is 8.24. The van der Waals surface area contributed by atoms with Crippen LogP contribution in [0.5, 0.6) is 5.75 Å². The lowest BCUT2D eigenvalue weighted by molar-refractivity contribution is 0.00356. The van der Waals surface area contributed by atoms with Crippen LogP contribution in [0.15, 0.2) is 78.2 Å². The average Bonchev–Trinajstić information content (AvgIpc) is 3.62. The van der Waals surface area contributed by atoms with E-state index in [1.165, 1.54) is 9.75 Å². The van der Waals surface area contributed by atoms with Crippen molar-refractivity contribution in [2.45, 2.75) is 13.0 Å². The molecule has 2 aromatic heterocycles. The summed E-state index contributed by atoms with van der Waals surface area (Å²) in [6.07, 6.45) is -0.0402. The number of benzene rings is 2. The van der Waals surface area contributed by atoms with Gasteiger partial charge in [0.2, 0.25) is 0 Å². The molecule has 0 bridgehead atoms. The minimum absolute atomic E-state index is 0.0402. The second kappa shape index (κ2) is 14.1. The Bertz CT molecular complexity index is 1240. The van der Waals surface area contributed by atoms with Crippen LogP contribution in [0.2, 0.25) is 0 Å². The molecule has 6 nitrogen and oxygen atoms in total. The van der Waals surface area contributed by atoms with Gasteiger partial charge in [0, 0.05) is 34.0 Å². The zero-order valence-electron chi connectivity index (χ0n) is 21.0. The molecular weight excluding hydrogens is 506 g/mol. The number of rotatable bonds is 14. The molecule has 0 saturated heterocycles. The summed E-state index contributed by atoms with van der Waals surface area (Å²) in [5.41, 5.74) is 2.27. The van der Waals surface area contributed by atoms with Crippen molar-refractivity contribution in [1.82, 2.24) is 0 Å². The highest BCUT2D eigenvalue weighted by molar-refractivity contribution is 7.23. The van der Waals surface area contributed by atoms with E-state index in [0.29, 0.717) is 44.3 Å². The molecule has 4 rings (SSSR count). The van der Waals surface area contributed by atoms with Crippen LogP contribution in [0.1, 0.15) is 17.3 Å². The molecule has 0 aliphatic carbocycles. The van der Waals surface area contributed by atoms with E-state index in [1.54, 1.807) is 41.9 Å². The molecule has 8 heteroatoms. The quantitative estimate of drug-likeness (QED) is 0.108. The monoisotopic (exact) mass is 537 g/mol. The maximum absolute atomic E-state index is 13.0. The van der Waals surface area contributed by atoms with E-state index >= 15 is 0 Å². The SMILES string of the molecule is COCCOCCO[C@@H](C)CNc1cc(C(=O)Oc2ccccc2)cc(-c2ccc(-c3cccs3)s2)c1. The van der Waals surface area contributed by atoms with Crippen molar-refractivity contribution in [1.29, 1.82) is 0 Å². The Morgan fingerprint density at radius 2 is 1.70 bits per heavy atom. The number of nitrogens with one attached hydrogen (secondary N) is 1. The Balaban J connectivity index is 1.47. The first kappa shape index (κ1) is 27.0. The average molecular weight is 538 g/mol. The zero-order chi connectivity index (χ0) is 25.9. The van der Waals surface area contributed by atoms with Crippen LogP contribution in [-0.2, 0) is 14.2 Å². The van der Waals surface area contributed by atoms with Gasteiger partial charge in [0.1, 0.15) is 5.75 Å². The smallest absolute Gasteiger partial charge is 0.343 e. The molecule has 1 N–H and O–H groups in total. The van der Waals surface area contributed by atoms with E-state index in [9.17, 15) is 4.79 Å².